The van der Waals surface area contributed by atoms with E-state index in [1.54, 1.807) is 13.0 Å². The van der Waals surface area contributed by atoms with Crippen LogP contribution in [-0.2, 0) is 26.1 Å². The van der Waals surface area contributed by atoms with Gasteiger partial charge in [0, 0.05) is 17.0 Å². The maximum absolute atomic E-state index is 11.7. The second-order valence-electron chi connectivity index (χ2n) is 3.65. The minimum absolute atomic E-state index is 0.0913. The van der Waals surface area contributed by atoms with Gasteiger partial charge in [0.05, 0.1) is 13.2 Å². The topological polar surface area (TPSA) is 98.5 Å². The van der Waals surface area contributed by atoms with Gasteiger partial charge in [-0.3, -0.25) is 4.79 Å². The van der Waals surface area contributed by atoms with Gasteiger partial charge in [0.15, 0.2) is 5.75 Å². The predicted molar refractivity (Wildman–Crippen MR) is 77.5 cm³/mol. The number of rotatable bonds is 6. The summed E-state index contributed by atoms with van der Waals surface area (Å²) < 4.78 is 30.3. The largest absolute Gasteiger partial charge is 0.465 e. The second kappa shape index (κ2) is 8.01. The molecule has 0 aliphatic carbocycles. The molecule has 6 nitrogen and oxygen atoms in total. The summed E-state index contributed by atoms with van der Waals surface area (Å²) in [4.78, 5) is 11.9. The molecular weight excluding hydrogens is 300 g/mol. The zero-order chi connectivity index (χ0) is 15.0. The third-order valence-corrected chi connectivity index (χ3v) is 4.26. The lowest BCUT2D eigenvalue weighted by atomic mass is 10.2. The highest BCUT2D eigenvalue weighted by Gasteiger charge is 2.17. The highest BCUT2D eigenvalue weighted by atomic mass is 32.2. The molecule has 0 aromatic carbocycles. The van der Waals surface area contributed by atoms with Crippen molar-refractivity contribution in [3.05, 3.63) is 21.9 Å². The number of hydrogen-bond acceptors (Lipinski definition) is 6. The third kappa shape index (κ3) is 5.71. The SMILES string of the molecule is CCOC(=O)CS(=O)(=O)NCc1sccc1C#CCN. The number of thiophene rings is 1. The molecule has 0 aliphatic heterocycles. The van der Waals surface area contributed by atoms with Gasteiger partial charge in [-0.15, -0.1) is 11.3 Å². The predicted octanol–water partition coefficient (Wildman–Crippen LogP) is 0.0408. The third-order valence-electron chi connectivity index (χ3n) is 2.14. The minimum Gasteiger partial charge on any atom is -0.465 e. The summed E-state index contributed by atoms with van der Waals surface area (Å²) in [5.41, 5.74) is 6.02. The lowest BCUT2D eigenvalue weighted by Gasteiger charge is -2.05. The number of hydrogen-bond donors (Lipinski definition) is 2. The van der Waals surface area contributed by atoms with E-state index < -0.39 is 21.7 Å². The van der Waals surface area contributed by atoms with Crippen molar-refractivity contribution in [1.29, 1.82) is 0 Å². The summed E-state index contributed by atoms with van der Waals surface area (Å²) in [5, 5.41) is 1.81. The molecule has 0 aliphatic rings. The summed E-state index contributed by atoms with van der Waals surface area (Å²) in [6.45, 7) is 2.10. The van der Waals surface area contributed by atoms with Crippen molar-refractivity contribution in [2.24, 2.45) is 5.73 Å². The molecule has 20 heavy (non-hydrogen) atoms. The van der Waals surface area contributed by atoms with Gasteiger partial charge in [0.25, 0.3) is 0 Å². The molecule has 8 heteroatoms. The monoisotopic (exact) mass is 316 g/mol. The molecule has 0 saturated carbocycles. The Kier molecular flexibility index (Phi) is 6.67. The van der Waals surface area contributed by atoms with E-state index in [-0.39, 0.29) is 19.7 Å². The summed E-state index contributed by atoms with van der Waals surface area (Å²) in [6, 6.07) is 1.79. The average molecular weight is 316 g/mol. The van der Waals surface area contributed by atoms with Crippen LogP contribution in [0.15, 0.2) is 11.4 Å². The first kappa shape index (κ1) is 16.7. The van der Waals surface area contributed by atoms with E-state index in [1.807, 2.05) is 5.38 Å². The van der Waals surface area contributed by atoms with Gasteiger partial charge in [0.2, 0.25) is 10.0 Å². The van der Waals surface area contributed by atoms with Gasteiger partial charge >= 0.3 is 5.97 Å². The fourth-order valence-electron chi connectivity index (χ4n) is 1.32. The van der Waals surface area contributed by atoms with Crippen LogP contribution in [-0.4, -0.2) is 33.3 Å². The van der Waals surface area contributed by atoms with E-state index in [1.165, 1.54) is 11.3 Å². The van der Waals surface area contributed by atoms with E-state index in [9.17, 15) is 13.2 Å². The van der Waals surface area contributed by atoms with Crippen LogP contribution in [0.2, 0.25) is 0 Å². The first-order chi connectivity index (χ1) is 9.48. The number of nitrogens with one attached hydrogen (secondary N) is 1. The fraction of sp³-hybridized carbons (Fsp3) is 0.417. The fourth-order valence-corrected chi connectivity index (χ4v) is 3.04. The van der Waals surface area contributed by atoms with Crippen molar-refractivity contribution < 1.29 is 17.9 Å². The molecule has 1 aromatic heterocycles. The Balaban J connectivity index is 2.63. The highest BCUT2D eigenvalue weighted by molar-refractivity contribution is 7.90. The van der Waals surface area contributed by atoms with Gasteiger partial charge in [0.1, 0.15) is 0 Å². The molecule has 0 atom stereocenters. The van der Waals surface area contributed by atoms with Crippen LogP contribution in [0.5, 0.6) is 0 Å². The molecule has 0 unspecified atom stereocenters. The number of sulfonamides is 1. The number of esters is 1. The first-order valence-corrected chi connectivity index (χ1v) is 8.40. The molecule has 3 N–H and O–H groups in total. The van der Waals surface area contributed by atoms with Gasteiger partial charge in [-0.05, 0) is 18.4 Å². The number of carbonyl (C=O) groups excluding carboxylic acids is 1. The Morgan fingerprint density at radius 1 is 1.55 bits per heavy atom. The summed E-state index contributed by atoms with van der Waals surface area (Å²) in [6.07, 6.45) is 0. The van der Waals surface area contributed by atoms with Crippen molar-refractivity contribution in [3.63, 3.8) is 0 Å². The second-order valence-corrected chi connectivity index (χ2v) is 6.46. The number of carbonyl (C=O) groups is 1. The van der Waals surface area contributed by atoms with Gasteiger partial charge in [-0.2, -0.15) is 0 Å². The van der Waals surface area contributed by atoms with Crippen molar-refractivity contribution in [1.82, 2.24) is 4.72 Å². The molecule has 0 amide bonds. The Morgan fingerprint density at radius 3 is 2.95 bits per heavy atom. The minimum atomic E-state index is -3.71. The van der Waals surface area contributed by atoms with E-state index in [4.69, 9.17) is 5.73 Å². The van der Waals surface area contributed by atoms with Crippen molar-refractivity contribution >= 4 is 27.3 Å². The van der Waals surface area contributed by atoms with Crippen LogP contribution in [0, 0.1) is 11.8 Å². The lowest BCUT2D eigenvalue weighted by Crippen LogP contribution is -2.30. The maximum atomic E-state index is 11.7. The Labute approximate surface area is 122 Å². The number of nitrogens with two attached hydrogens (primary N) is 1. The zero-order valence-electron chi connectivity index (χ0n) is 11.0. The van der Waals surface area contributed by atoms with E-state index in [0.29, 0.717) is 0 Å². The maximum Gasteiger partial charge on any atom is 0.322 e. The molecule has 110 valence electrons. The summed E-state index contributed by atoms with van der Waals surface area (Å²) in [5.74, 6) is 4.12. The summed E-state index contributed by atoms with van der Waals surface area (Å²) in [7, 11) is -3.71. The summed E-state index contributed by atoms with van der Waals surface area (Å²) >= 11 is 1.38. The lowest BCUT2D eigenvalue weighted by molar-refractivity contribution is -0.139. The van der Waals surface area contributed by atoms with Crippen molar-refractivity contribution in [2.45, 2.75) is 13.5 Å². The van der Waals surface area contributed by atoms with Crippen molar-refractivity contribution in [2.75, 3.05) is 18.9 Å². The first-order valence-electron chi connectivity index (χ1n) is 5.86. The van der Waals surface area contributed by atoms with E-state index in [2.05, 4.69) is 21.3 Å². The van der Waals surface area contributed by atoms with Crippen LogP contribution in [0.4, 0.5) is 0 Å². The van der Waals surface area contributed by atoms with Gasteiger partial charge in [-0.25, -0.2) is 13.1 Å². The van der Waals surface area contributed by atoms with Crippen molar-refractivity contribution in [3.8, 4) is 11.8 Å². The Hall–Kier alpha value is -1.40. The standard InChI is InChI=1S/C12H16N2O4S2/c1-2-18-12(15)9-20(16,17)14-8-11-10(4-3-6-13)5-7-19-11/h5,7,14H,2,6,8-9,13H2,1H3. The molecule has 0 fully saturated rings. The van der Waals surface area contributed by atoms with Crippen LogP contribution in [0.25, 0.3) is 0 Å². The Morgan fingerprint density at radius 2 is 2.30 bits per heavy atom. The molecular formula is C12H16N2O4S2. The molecule has 1 rings (SSSR count). The van der Waals surface area contributed by atoms with Crippen LogP contribution in [0.1, 0.15) is 17.4 Å². The smallest absolute Gasteiger partial charge is 0.322 e. The van der Waals surface area contributed by atoms with Gasteiger partial charge < -0.3 is 10.5 Å². The quantitative estimate of drug-likeness (QED) is 0.570. The normalized spacial score (nSPS) is 10.7. The molecule has 1 aromatic rings. The van der Waals surface area contributed by atoms with E-state index in [0.717, 1.165) is 10.4 Å². The molecule has 1 heterocycles. The number of ether oxygens (including phenoxy) is 1. The van der Waals surface area contributed by atoms with E-state index >= 15 is 0 Å². The van der Waals surface area contributed by atoms with Crippen LogP contribution in [0.3, 0.4) is 0 Å². The molecule has 0 bridgehead atoms. The van der Waals surface area contributed by atoms with Gasteiger partial charge in [-0.1, -0.05) is 11.8 Å². The molecule has 0 saturated heterocycles. The molecule has 0 spiro atoms. The zero-order valence-corrected chi connectivity index (χ0v) is 12.6. The average Bonchev–Trinajstić information content (AvgIpc) is 2.81. The van der Waals surface area contributed by atoms with Crippen LogP contribution < -0.4 is 10.5 Å². The highest BCUT2D eigenvalue weighted by Crippen LogP contribution is 2.15. The Bertz CT molecular complexity index is 611. The van der Waals surface area contributed by atoms with Crippen LogP contribution >= 0.6 is 11.3 Å². The molecule has 0 radical (unpaired) electrons.